The zero-order chi connectivity index (χ0) is 17.9. The maximum absolute atomic E-state index is 12.7. The second-order valence-electron chi connectivity index (χ2n) is 7.50. The number of nitrogens with one attached hydrogen (secondary N) is 1. The molecule has 0 spiro atoms. The normalized spacial score (nSPS) is 22.4. The van der Waals surface area contributed by atoms with Crippen molar-refractivity contribution in [2.24, 2.45) is 0 Å². The second kappa shape index (κ2) is 7.92. The minimum atomic E-state index is -0.109. The van der Waals surface area contributed by atoms with Gasteiger partial charge in [0.05, 0.1) is 4.88 Å². The Morgan fingerprint density at radius 3 is 2.81 bits per heavy atom. The van der Waals surface area contributed by atoms with Crippen molar-refractivity contribution in [1.82, 2.24) is 15.2 Å². The molecule has 1 aliphatic heterocycles. The average Bonchev–Trinajstić information content (AvgIpc) is 3.34. The molecule has 0 bridgehead atoms. The van der Waals surface area contributed by atoms with Gasteiger partial charge in [-0.1, -0.05) is 31.7 Å². The number of carbonyl (C=O) groups is 1. The Morgan fingerprint density at radius 2 is 2.08 bits per heavy atom. The lowest BCUT2D eigenvalue weighted by Gasteiger charge is -2.26. The summed E-state index contributed by atoms with van der Waals surface area (Å²) in [6, 6.07) is 4.84. The largest absolute Gasteiger partial charge is 0.440 e. The summed E-state index contributed by atoms with van der Waals surface area (Å²) in [6.45, 7) is 3.87. The molecule has 26 heavy (non-hydrogen) atoms. The topological polar surface area (TPSA) is 58.4 Å². The molecule has 140 valence electrons. The second-order valence-corrected chi connectivity index (χ2v) is 8.45. The summed E-state index contributed by atoms with van der Waals surface area (Å²) in [5.41, 5.74) is 0.418. The Balaban J connectivity index is 1.37. The fourth-order valence-electron chi connectivity index (χ4n) is 4.23. The van der Waals surface area contributed by atoms with Crippen molar-refractivity contribution in [1.29, 1.82) is 0 Å². The minimum Gasteiger partial charge on any atom is -0.440 e. The highest BCUT2D eigenvalue weighted by atomic mass is 32.1. The van der Waals surface area contributed by atoms with E-state index in [1.807, 2.05) is 24.4 Å². The molecule has 5 nitrogen and oxygen atoms in total. The Morgan fingerprint density at radius 1 is 1.27 bits per heavy atom. The standard InChI is InChI=1S/C20H27N3O2S/c1-14-18(22-20(25-14)17-9-6-12-26-17)19(24)21-15-10-11-23(13-15)16-7-4-2-3-5-8-16/h6,9,12,15-16H,2-5,7-8,10-11,13H2,1H3,(H,21,24). The fourth-order valence-corrected chi connectivity index (χ4v) is 4.88. The smallest absolute Gasteiger partial charge is 0.273 e. The Kier molecular flexibility index (Phi) is 5.41. The summed E-state index contributed by atoms with van der Waals surface area (Å²) in [5, 5.41) is 5.16. The van der Waals surface area contributed by atoms with Crippen LogP contribution < -0.4 is 5.32 Å². The van der Waals surface area contributed by atoms with E-state index in [-0.39, 0.29) is 11.9 Å². The van der Waals surface area contributed by atoms with Crippen LogP contribution in [0.15, 0.2) is 21.9 Å². The van der Waals surface area contributed by atoms with Crippen LogP contribution in [-0.4, -0.2) is 41.0 Å². The highest BCUT2D eigenvalue weighted by Gasteiger charge is 2.30. The van der Waals surface area contributed by atoms with Crippen LogP contribution in [0, 0.1) is 6.92 Å². The van der Waals surface area contributed by atoms with Crippen LogP contribution in [0.1, 0.15) is 61.2 Å². The zero-order valence-corrected chi connectivity index (χ0v) is 16.2. The first-order valence-corrected chi connectivity index (χ1v) is 10.6. The van der Waals surface area contributed by atoms with Gasteiger partial charge in [0, 0.05) is 25.2 Å². The van der Waals surface area contributed by atoms with E-state index in [1.54, 1.807) is 11.3 Å². The number of thiophene rings is 1. The number of nitrogens with zero attached hydrogens (tertiary/aromatic N) is 2. The monoisotopic (exact) mass is 373 g/mol. The number of hydrogen-bond acceptors (Lipinski definition) is 5. The van der Waals surface area contributed by atoms with Crippen molar-refractivity contribution < 1.29 is 9.21 Å². The van der Waals surface area contributed by atoms with E-state index in [2.05, 4.69) is 15.2 Å². The summed E-state index contributed by atoms with van der Waals surface area (Å²) < 4.78 is 5.70. The fraction of sp³-hybridized carbons (Fsp3) is 0.600. The molecular formula is C20H27N3O2S. The third-order valence-electron chi connectivity index (χ3n) is 5.64. The first-order valence-electron chi connectivity index (χ1n) is 9.77. The summed E-state index contributed by atoms with van der Waals surface area (Å²) in [4.78, 5) is 20.7. The Labute approximate surface area is 158 Å². The van der Waals surface area contributed by atoms with Gasteiger partial charge in [-0.2, -0.15) is 0 Å². The van der Waals surface area contributed by atoms with Gasteiger partial charge in [-0.05, 0) is 37.6 Å². The van der Waals surface area contributed by atoms with Crippen molar-refractivity contribution >= 4 is 17.2 Å². The van der Waals surface area contributed by atoms with Crippen molar-refractivity contribution in [2.45, 2.75) is 64.0 Å². The van der Waals surface area contributed by atoms with Crippen LogP contribution in [0.4, 0.5) is 0 Å². The van der Waals surface area contributed by atoms with E-state index >= 15 is 0 Å². The molecule has 1 aliphatic carbocycles. The van der Waals surface area contributed by atoms with E-state index in [4.69, 9.17) is 4.42 Å². The summed E-state index contributed by atoms with van der Waals surface area (Å²) in [6.07, 6.45) is 9.10. The van der Waals surface area contributed by atoms with E-state index in [0.29, 0.717) is 23.4 Å². The first-order chi connectivity index (χ1) is 12.7. The zero-order valence-electron chi connectivity index (χ0n) is 15.4. The predicted molar refractivity (Wildman–Crippen MR) is 103 cm³/mol. The molecule has 1 saturated carbocycles. The van der Waals surface area contributed by atoms with E-state index in [0.717, 1.165) is 24.4 Å². The third-order valence-corrected chi connectivity index (χ3v) is 6.50. The molecule has 1 amide bonds. The number of rotatable bonds is 4. The molecule has 3 heterocycles. The highest BCUT2D eigenvalue weighted by molar-refractivity contribution is 7.13. The van der Waals surface area contributed by atoms with Crippen molar-refractivity contribution in [3.05, 3.63) is 29.0 Å². The predicted octanol–water partition coefficient (Wildman–Crippen LogP) is 4.24. The van der Waals surface area contributed by atoms with Crippen molar-refractivity contribution in [3.63, 3.8) is 0 Å². The van der Waals surface area contributed by atoms with Gasteiger partial charge in [0.1, 0.15) is 5.76 Å². The van der Waals surface area contributed by atoms with Crippen molar-refractivity contribution in [2.75, 3.05) is 13.1 Å². The van der Waals surface area contributed by atoms with Gasteiger partial charge in [0.2, 0.25) is 5.89 Å². The molecule has 2 aromatic heterocycles. The third kappa shape index (κ3) is 3.86. The van der Waals surface area contributed by atoms with Crippen LogP contribution in [-0.2, 0) is 0 Å². The Bertz CT molecular complexity index is 732. The van der Waals surface area contributed by atoms with Gasteiger partial charge in [0.15, 0.2) is 5.69 Å². The van der Waals surface area contributed by atoms with Gasteiger partial charge < -0.3 is 9.73 Å². The maximum Gasteiger partial charge on any atom is 0.273 e. The lowest BCUT2D eigenvalue weighted by molar-refractivity contribution is 0.0929. The molecule has 1 N–H and O–H groups in total. The lowest BCUT2D eigenvalue weighted by atomic mass is 10.1. The molecule has 0 radical (unpaired) electrons. The van der Waals surface area contributed by atoms with E-state index in [1.165, 1.54) is 38.5 Å². The first kappa shape index (κ1) is 17.7. The molecule has 2 aliphatic rings. The molecule has 0 aromatic carbocycles. The van der Waals surface area contributed by atoms with Gasteiger partial charge >= 0.3 is 0 Å². The maximum atomic E-state index is 12.7. The summed E-state index contributed by atoms with van der Waals surface area (Å²) in [5.74, 6) is 1.01. The van der Waals surface area contributed by atoms with Gasteiger partial charge in [-0.3, -0.25) is 9.69 Å². The number of likely N-dealkylation sites (tertiary alicyclic amines) is 1. The molecule has 1 saturated heterocycles. The number of hydrogen-bond donors (Lipinski definition) is 1. The van der Waals surface area contributed by atoms with E-state index < -0.39 is 0 Å². The number of carbonyl (C=O) groups excluding carboxylic acids is 1. The SMILES string of the molecule is Cc1oc(-c2cccs2)nc1C(=O)NC1CCN(C2CCCCCC2)C1. The molecular weight excluding hydrogens is 346 g/mol. The van der Waals surface area contributed by atoms with Crippen LogP contribution in [0.2, 0.25) is 0 Å². The highest BCUT2D eigenvalue weighted by Crippen LogP contribution is 2.27. The number of aromatic nitrogens is 1. The molecule has 2 fully saturated rings. The van der Waals surface area contributed by atoms with Crippen LogP contribution in [0.3, 0.4) is 0 Å². The van der Waals surface area contributed by atoms with Crippen LogP contribution in [0.5, 0.6) is 0 Å². The van der Waals surface area contributed by atoms with Crippen LogP contribution in [0.25, 0.3) is 10.8 Å². The van der Waals surface area contributed by atoms with E-state index in [9.17, 15) is 4.79 Å². The molecule has 1 atom stereocenters. The summed E-state index contributed by atoms with van der Waals surface area (Å²) >= 11 is 1.57. The molecule has 4 rings (SSSR count). The average molecular weight is 374 g/mol. The van der Waals surface area contributed by atoms with Crippen LogP contribution >= 0.6 is 11.3 Å². The number of amides is 1. The number of aryl methyl sites for hydroxylation is 1. The quantitative estimate of drug-likeness (QED) is 0.815. The van der Waals surface area contributed by atoms with Gasteiger partial charge in [0.25, 0.3) is 5.91 Å². The van der Waals surface area contributed by atoms with Gasteiger partial charge in [-0.25, -0.2) is 4.98 Å². The molecule has 6 heteroatoms. The molecule has 2 aromatic rings. The minimum absolute atomic E-state index is 0.109. The molecule has 1 unspecified atom stereocenters. The summed E-state index contributed by atoms with van der Waals surface area (Å²) in [7, 11) is 0. The Hall–Kier alpha value is -1.66. The number of oxazole rings is 1. The lowest BCUT2D eigenvalue weighted by Crippen LogP contribution is -2.40. The van der Waals surface area contributed by atoms with Crippen molar-refractivity contribution in [3.8, 4) is 10.8 Å². The van der Waals surface area contributed by atoms with Gasteiger partial charge in [-0.15, -0.1) is 11.3 Å².